The van der Waals surface area contributed by atoms with Gasteiger partial charge >= 0.3 is 0 Å². The smallest absolute Gasteiger partial charge is 0.293 e. The first-order valence-corrected chi connectivity index (χ1v) is 10.5. The van der Waals surface area contributed by atoms with E-state index in [9.17, 15) is 4.79 Å². The van der Waals surface area contributed by atoms with Gasteiger partial charge in [-0.3, -0.25) is 10.1 Å². The normalized spacial score (nSPS) is 11.3. The molecule has 0 spiro atoms. The molecular weight excluding hydrogens is 414 g/mol. The van der Waals surface area contributed by atoms with Crippen LogP contribution in [0.15, 0.2) is 52.9 Å². The Labute approximate surface area is 185 Å². The van der Waals surface area contributed by atoms with Crippen LogP contribution in [0.5, 0.6) is 5.75 Å². The predicted molar refractivity (Wildman–Crippen MR) is 122 cm³/mol. The Bertz CT molecular complexity index is 1260. The number of nitrogens with one attached hydrogen (secondary N) is 1. The molecule has 0 unspecified atom stereocenters. The van der Waals surface area contributed by atoms with E-state index in [4.69, 9.17) is 20.8 Å². The summed E-state index contributed by atoms with van der Waals surface area (Å²) in [6.07, 6.45) is 0. The minimum Gasteiger partial charge on any atom is -0.485 e. The highest BCUT2D eigenvalue weighted by Crippen LogP contribution is 2.32. The van der Waals surface area contributed by atoms with Crippen molar-refractivity contribution in [1.82, 2.24) is 9.55 Å². The average molecular weight is 438 g/mol. The Kier molecular flexibility index (Phi) is 5.74. The molecule has 4 aromatic rings. The molecular formula is C24H24ClN3O3. The summed E-state index contributed by atoms with van der Waals surface area (Å²) < 4.78 is 13.5. The molecule has 0 aliphatic rings. The number of imidazole rings is 1. The van der Waals surface area contributed by atoms with Crippen molar-refractivity contribution in [2.75, 3.05) is 5.32 Å². The molecule has 2 heterocycles. The van der Waals surface area contributed by atoms with Gasteiger partial charge in [0, 0.05) is 12.1 Å². The maximum absolute atomic E-state index is 12.6. The molecule has 0 saturated carbocycles. The number of nitrogens with zero attached hydrogens (tertiary/aromatic N) is 2. The summed E-state index contributed by atoms with van der Waals surface area (Å²) in [6, 6.07) is 14.9. The number of amides is 1. The third kappa shape index (κ3) is 4.30. The van der Waals surface area contributed by atoms with E-state index in [1.165, 1.54) is 0 Å². The van der Waals surface area contributed by atoms with Gasteiger partial charge in [-0.1, -0.05) is 37.6 Å². The van der Waals surface area contributed by atoms with Gasteiger partial charge in [0.05, 0.1) is 11.0 Å². The Morgan fingerprint density at radius 2 is 2.00 bits per heavy atom. The first-order valence-electron chi connectivity index (χ1n) is 10.1. The van der Waals surface area contributed by atoms with E-state index in [1.807, 2.05) is 54.9 Å². The second kappa shape index (κ2) is 8.47. The number of halogens is 1. The lowest BCUT2D eigenvalue weighted by molar-refractivity contribution is 0.0991. The molecule has 0 atom stereocenters. The van der Waals surface area contributed by atoms with E-state index in [2.05, 4.69) is 24.1 Å². The van der Waals surface area contributed by atoms with Gasteiger partial charge in [0.25, 0.3) is 5.91 Å². The van der Waals surface area contributed by atoms with Crippen LogP contribution in [0.4, 0.5) is 5.95 Å². The van der Waals surface area contributed by atoms with E-state index >= 15 is 0 Å². The number of carbonyl (C=O) groups excluding carboxylic acids is 1. The molecule has 4 rings (SSSR count). The average Bonchev–Trinajstić information content (AvgIpc) is 3.34. The Morgan fingerprint density at radius 1 is 1.23 bits per heavy atom. The highest BCUT2D eigenvalue weighted by atomic mass is 35.5. The van der Waals surface area contributed by atoms with Crippen molar-refractivity contribution in [3.8, 4) is 5.75 Å². The summed E-state index contributed by atoms with van der Waals surface area (Å²) in [6.45, 7) is 6.32. The van der Waals surface area contributed by atoms with Crippen LogP contribution in [0, 0.1) is 6.92 Å². The number of rotatable bonds is 6. The summed E-state index contributed by atoms with van der Waals surface area (Å²) in [5.41, 5.74) is 3.73. The number of carbonyl (C=O) groups is 1. The lowest BCUT2D eigenvalue weighted by atomic mass is 10.0. The molecule has 1 N–H and O–H groups in total. The van der Waals surface area contributed by atoms with Gasteiger partial charge in [-0.25, -0.2) is 4.98 Å². The Hall–Kier alpha value is -3.25. The van der Waals surface area contributed by atoms with Crippen molar-refractivity contribution >= 4 is 34.5 Å². The molecule has 7 heteroatoms. The van der Waals surface area contributed by atoms with Crippen molar-refractivity contribution in [1.29, 1.82) is 0 Å². The zero-order valence-electron chi connectivity index (χ0n) is 17.9. The van der Waals surface area contributed by atoms with Crippen molar-refractivity contribution in [2.45, 2.75) is 33.3 Å². The number of hydrogen-bond donors (Lipinski definition) is 1. The van der Waals surface area contributed by atoms with E-state index in [1.54, 1.807) is 12.1 Å². The molecule has 6 nitrogen and oxygen atoms in total. The van der Waals surface area contributed by atoms with Crippen LogP contribution in [-0.2, 0) is 13.7 Å². The van der Waals surface area contributed by atoms with E-state index in [-0.39, 0.29) is 24.2 Å². The first kappa shape index (κ1) is 21.0. The molecule has 31 heavy (non-hydrogen) atoms. The van der Waals surface area contributed by atoms with Gasteiger partial charge in [0.1, 0.15) is 18.1 Å². The van der Waals surface area contributed by atoms with Gasteiger partial charge in [-0.2, -0.15) is 0 Å². The zero-order valence-corrected chi connectivity index (χ0v) is 18.7. The molecule has 1 amide bonds. The van der Waals surface area contributed by atoms with Crippen LogP contribution in [0.25, 0.3) is 11.0 Å². The monoisotopic (exact) mass is 437 g/mol. The Balaban J connectivity index is 1.46. The number of ether oxygens (including phenoxy) is 1. The zero-order chi connectivity index (χ0) is 22.1. The molecule has 160 valence electrons. The number of hydrogen-bond acceptors (Lipinski definition) is 4. The fourth-order valence-electron chi connectivity index (χ4n) is 3.39. The highest BCUT2D eigenvalue weighted by Gasteiger charge is 2.17. The first-order chi connectivity index (χ1) is 14.8. The summed E-state index contributed by atoms with van der Waals surface area (Å²) in [5.74, 6) is 1.87. The summed E-state index contributed by atoms with van der Waals surface area (Å²) >= 11 is 6.26. The van der Waals surface area contributed by atoms with Crippen LogP contribution < -0.4 is 10.1 Å². The van der Waals surface area contributed by atoms with Crippen LogP contribution >= 0.6 is 11.6 Å². The van der Waals surface area contributed by atoms with Crippen LogP contribution in [0.3, 0.4) is 0 Å². The third-order valence-electron chi connectivity index (χ3n) is 5.18. The second-order valence-electron chi connectivity index (χ2n) is 7.79. The molecule has 2 aromatic heterocycles. The van der Waals surface area contributed by atoms with E-state index in [0.29, 0.717) is 11.7 Å². The Morgan fingerprint density at radius 3 is 2.74 bits per heavy atom. The fraction of sp³-hybridized carbons (Fsp3) is 0.250. The SMILES string of the molecule is Cc1cc(OCc2ccc(C(=O)Nc3nc4ccccc4n3C)o2)c(C(C)C)cc1Cl. The molecule has 0 aliphatic heterocycles. The van der Waals surface area contributed by atoms with Crippen LogP contribution in [0.2, 0.25) is 5.02 Å². The van der Waals surface area contributed by atoms with Gasteiger partial charge in [0.15, 0.2) is 5.76 Å². The van der Waals surface area contributed by atoms with Crippen molar-refractivity contribution in [2.24, 2.45) is 7.05 Å². The highest BCUT2D eigenvalue weighted by molar-refractivity contribution is 6.31. The lowest BCUT2D eigenvalue weighted by Gasteiger charge is -2.15. The topological polar surface area (TPSA) is 69.3 Å². The molecule has 0 aliphatic carbocycles. The molecule has 2 aromatic carbocycles. The molecule has 0 fully saturated rings. The van der Waals surface area contributed by atoms with Gasteiger partial charge in [-0.15, -0.1) is 0 Å². The number of furan rings is 1. The minimum atomic E-state index is -0.366. The summed E-state index contributed by atoms with van der Waals surface area (Å²) in [4.78, 5) is 17.1. The number of benzene rings is 2. The number of aromatic nitrogens is 2. The summed E-state index contributed by atoms with van der Waals surface area (Å²) in [7, 11) is 1.85. The van der Waals surface area contributed by atoms with Gasteiger partial charge < -0.3 is 13.7 Å². The second-order valence-corrected chi connectivity index (χ2v) is 8.19. The van der Waals surface area contributed by atoms with Crippen molar-refractivity contribution < 1.29 is 13.9 Å². The van der Waals surface area contributed by atoms with Crippen molar-refractivity contribution in [3.05, 3.63) is 76.2 Å². The van der Waals surface area contributed by atoms with E-state index in [0.717, 1.165) is 32.9 Å². The number of para-hydroxylation sites is 2. The lowest BCUT2D eigenvalue weighted by Crippen LogP contribution is -2.14. The maximum Gasteiger partial charge on any atom is 0.293 e. The largest absolute Gasteiger partial charge is 0.485 e. The number of aryl methyl sites for hydroxylation is 2. The quantitative estimate of drug-likeness (QED) is 0.396. The van der Waals surface area contributed by atoms with Gasteiger partial charge in [0.2, 0.25) is 5.95 Å². The van der Waals surface area contributed by atoms with E-state index < -0.39 is 0 Å². The third-order valence-corrected chi connectivity index (χ3v) is 5.59. The summed E-state index contributed by atoms with van der Waals surface area (Å²) in [5, 5.41) is 3.52. The molecule has 0 bridgehead atoms. The van der Waals surface area contributed by atoms with Crippen molar-refractivity contribution in [3.63, 3.8) is 0 Å². The maximum atomic E-state index is 12.6. The van der Waals surface area contributed by atoms with Crippen LogP contribution in [0.1, 0.15) is 47.2 Å². The number of anilines is 1. The minimum absolute atomic E-state index is 0.196. The fourth-order valence-corrected chi connectivity index (χ4v) is 3.57. The standard InChI is InChI=1S/C24H24ClN3O3/c1-14(2)17-12-18(25)15(3)11-22(17)30-13-16-9-10-21(31-16)23(29)27-24-26-19-7-5-6-8-20(19)28(24)4/h5-12,14H,13H2,1-4H3,(H,26,27,29). The number of fused-ring (bicyclic) bond motifs is 1. The molecule has 0 radical (unpaired) electrons. The van der Waals surface area contributed by atoms with Crippen LogP contribution in [-0.4, -0.2) is 15.5 Å². The predicted octanol–water partition coefficient (Wildman–Crippen LogP) is 6.08. The molecule has 0 saturated heterocycles. The van der Waals surface area contributed by atoms with Gasteiger partial charge in [-0.05, 0) is 60.4 Å².